The van der Waals surface area contributed by atoms with Gasteiger partial charge in [0.25, 0.3) is 16.6 Å². The lowest BCUT2D eigenvalue weighted by atomic mass is 10.3. The first-order chi connectivity index (χ1) is 19.5. The largest absolute Gasteiger partial charge is 0.402 e. The molecule has 4 heteroatoms. The Bertz CT molecular complexity index is 1280. The highest BCUT2D eigenvalue weighted by atomic mass is 28.4. The molecule has 0 heterocycles. The van der Waals surface area contributed by atoms with E-state index in [0.29, 0.717) is 0 Å². The van der Waals surface area contributed by atoms with Gasteiger partial charge in [0.05, 0.1) is 0 Å². The minimum absolute atomic E-state index is 0.0677. The molecule has 5 aromatic rings. The van der Waals surface area contributed by atoms with Crippen molar-refractivity contribution in [2.45, 2.75) is 39.9 Å². The van der Waals surface area contributed by atoms with Crippen LogP contribution in [0, 0.1) is 0 Å². The Balaban J connectivity index is 1.75. The van der Waals surface area contributed by atoms with Crippen LogP contribution in [0.1, 0.15) is 27.7 Å². The summed E-state index contributed by atoms with van der Waals surface area (Å²) in [6, 6.07) is 52.3. The smallest absolute Gasteiger partial charge is 0.288 e. The summed E-state index contributed by atoms with van der Waals surface area (Å²) in [5, 5.41) is 7.45. The monoisotopic (exact) mass is 558 g/mol. The summed E-state index contributed by atoms with van der Waals surface area (Å²) in [6.45, 7) is 8.56. The van der Waals surface area contributed by atoms with Crippen molar-refractivity contribution in [1.29, 1.82) is 0 Å². The molecule has 0 atom stereocenters. The molecule has 0 spiro atoms. The van der Waals surface area contributed by atoms with E-state index < -0.39 is 16.6 Å². The maximum atomic E-state index is 7.07. The standard InChI is InChI=1S/C36H38O2Si2/c1-29(2)37-39(31-17-9-5-10-18-31,32-19-11-6-12-20-32)35-25-27-36(28-26-35)40(38-30(3)4,33-21-13-7-14-22-33)34-23-15-8-16-24-34/h5-30H,1-4H3. The zero-order chi connectivity index (χ0) is 28.0. The predicted molar refractivity (Wildman–Crippen MR) is 174 cm³/mol. The highest BCUT2D eigenvalue weighted by Gasteiger charge is 2.45. The van der Waals surface area contributed by atoms with Gasteiger partial charge in [0.15, 0.2) is 0 Å². The van der Waals surface area contributed by atoms with E-state index in [9.17, 15) is 0 Å². The van der Waals surface area contributed by atoms with Crippen molar-refractivity contribution in [2.75, 3.05) is 0 Å². The minimum atomic E-state index is -2.78. The number of rotatable bonds is 10. The number of hydrogen-bond acceptors (Lipinski definition) is 2. The van der Waals surface area contributed by atoms with Crippen LogP contribution in [0.15, 0.2) is 146 Å². The first-order valence-electron chi connectivity index (χ1n) is 14.2. The van der Waals surface area contributed by atoms with Gasteiger partial charge in [-0.05, 0) is 58.8 Å². The molecule has 0 radical (unpaired) electrons. The molecule has 0 amide bonds. The Hall–Kier alpha value is -3.55. The third-order valence-corrected chi connectivity index (χ3v) is 15.8. The highest BCUT2D eigenvalue weighted by Crippen LogP contribution is 2.15. The van der Waals surface area contributed by atoms with Crippen LogP contribution in [0.4, 0.5) is 0 Å². The van der Waals surface area contributed by atoms with Crippen LogP contribution in [0.5, 0.6) is 0 Å². The molecule has 0 aliphatic rings. The van der Waals surface area contributed by atoms with Crippen molar-refractivity contribution in [2.24, 2.45) is 0 Å². The number of benzene rings is 5. The van der Waals surface area contributed by atoms with Crippen molar-refractivity contribution in [3.8, 4) is 0 Å². The van der Waals surface area contributed by atoms with Crippen LogP contribution in [-0.4, -0.2) is 28.8 Å². The maximum Gasteiger partial charge on any atom is 0.288 e. The third kappa shape index (κ3) is 5.41. The molecule has 0 unspecified atom stereocenters. The molecule has 0 saturated carbocycles. The van der Waals surface area contributed by atoms with E-state index in [-0.39, 0.29) is 12.2 Å². The predicted octanol–water partition coefficient (Wildman–Crippen LogP) is 4.47. The second-order valence-corrected chi connectivity index (χ2v) is 17.4. The second kappa shape index (κ2) is 12.3. The quantitative estimate of drug-likeness (QED) is 0.186. The third-order valence-electron chi connectivity index (χ3n) is 7.24. The summed E-state index contributed by atoms with van der Waals surface area (Å²) in [4.78, 5) is 0. The summed E-state index contributed by atoms with van der Waals surface area (Å²) >= 11 is 0. The molecule has 202 valence electrons. The molecular weight excluding hydrogens is 521 g/mol. The van der Waals surface area contributed by atoms with Crippen molar-refractivity contribution in [3.05, 3.63) is 146 Å². The molecule has 0 aromatic heterocycles. The van der Waals surface area contributed by atoms with Gasteiger partial charge < -0.3 is 8.85 Å². The van der Waals surface area contributed by atoms with Gasteiger partial charge in [-0.15, -0.1) is 0 Å². The Labute approximate surface area is 241 Å². The Morgan fingerprint density at radius 2 is 0.525 bits per heavy atom. The van der Waals surface area contributed by atoms with Crippen LogP contribution in [0.3, 0.4) is 0 Å². The average Bonchev–Trinajstić information content (AvgIpc) is 3.00. The zero-order valence-electron chi connectivity index (χ0n) is 23.8. The van der Waals surface area contributed by atoms with E-state index in [4.69, 9.17) is 8.85 Å². The van der Waals surface area contributed by atoms with Gasteiger partial charge in [0.2, 0.25) is 0 Å². The van der Waals surface area contributed by atoms with Gasteiger partial charge in [-0.2, -0.15) is 0 Å². The maximum absolute atomic E-state index is 7.07. The van der Waals surface area contributed by atoms with E-state index in [1.165, 1.54) is 31.1 Å². The molecule has 0 N–H and O–H groups in total. The van der Waals surface area contributed by atoms with E-state index in [0.717, 1.165) is 0 Å². The van der Waals surface area contributed by atoms with Crippen molar-refractivity contribution in [1.82, 2.24) is 0 Å². The lowest BCUT2D eigenvalue weighted by molar-refractivity contribution is 0.244. The van der Waals surface area contributed by atoms with Crippen molar-refractivity contribution in [3.63, 3.8) is 0 Å². The molecular formula is C36H38O2Si2. The average molecular weight is 559 g/mol. The molecule has 2 nitrogen and oxygen atoms in total. The highest BCUT2D eigenvalue weighted by molar-refractivity contribution is 7.08. The van der Waals surface area contributed by atoms with Crippen LogP contribution in [0.25, 0.3) is 0 Å². The SMILES string of the molecule is CC(C)O[Si](c1ccccc1)(c1ccccc1)c1ccc([Si](OC(C)C)(c2ccccc2)c2ccccc2)cc1. The lowest BCUT2D eigenvalue weighted by Crippen LogP contribution is -2.72. The van der Waals surface area contributed by atoms with E-state index in [2.05, 4.69) is 173 Å². The molecule has 5 rings (SSSR count). The van der Waals surface area contributed by atoms with Gasteiger partial charge >= 0.3 is 0 Å². The molecule has 0 fully saturated rings. The summed E-state index contributed by atoms with van der Waals surface area (Å²) < 4.78 is 14.1. The van der Waals surface area contributed by atoms with Crippen molar-refractivity contribution < 1.29 is 8.85 Å². The van der Waals surface area contributed by atoms with Crippen molar-refractivity contribution >= 4 is 47.8 Å². The van der Waals surface area contributed by atoms with Crippen LogP contribution in [-0.2, 0) is 8.85 Å². The van der Waals surface area contributed by atoms with Gasteiger partial charge in [0, 0.05) is 12.2 Å². The summed E-state index contributed by atoms with van der Waals surface area (Å²) in [5.74, 6) is 0. The van der Waals surface area contributed by atoms with Crippen LogP contribution in [0.2, 0.25) is 0 Å². The fourth-order valence-corrected chi connectivity index (χ4v) is 13.9. The normalized spacial score (nSPS) is 12.2. The van der Waals surface area contributed by atoms with Crippen LogP contribution < -0.4 is 31.1 Å². The Morgan fingerprint density at radius 3 is 0.725 bits per heavy atom. The van der Waals surface area contributed by atoms with E-state index >= 15 is 0 Å². The summed E-state index contributed by atoms with van der Waals surface area (Å²) in [7, 11) is -5.57. The summed E-state index contributed by atoms with van der Waals surface area (Å²) in [5.41, 5.74) is 0. The molecule has 0 aliphatic heterocycles. The lowest BCUT2D eigenvalue weighted by Gasteiger charge is -2.37. The van der Waals surface area contributed by atoms with Crippen LogP contribution >= 0.6 is 0 Å². The fraction of sp³-hybridized carbons (Fsp3) is 0.167. The molecule has 40 heavy (non-hydrogen) atoms. The number of hydrogen-bond donors (Lipinski definition) is 0. The minimum Gasteiger partial charge on any atom is -0.402 e. The first kappa shape index (κ1) is 28.0. The van der Waals surface area contributed by atoms with Gasteiger partial charge in [0.1, 0.15) is 0 Å². The van der Waals surface area contributed by atoms with E-state index in [1.807, 2.05) is 0 Å². The second-order valence-electron chi connectivity index (χ2n) is 10.7. The Morgan fingerprint density at radius 1 is 0.325 bits per heavy atom. The fourth-order valence-electron chi connectivity index (χ4n) is 5.75. The Kier molecular flexibility index (Phi) is 8.62. The van der Waals surface area contributed by atoms with E-state index in [1.54, 1.807) is 0 Å². The van der Waals surface area contributed by atoms with Gasteiger partial charge in [-0.25, -0.2) is 0 Å². The molecule has 0 aliphatic carbocycles. The van der Waals surface area contributed by atoms with Gasteiger partial charge in [-0.1, -0.05) is 146 Å². The molecule has 0 bridgehead atoms. The molecule has 5 aromatic carbocycles. The molecule has 0 saturated heterocycles. The summed E-state index contributed by atoms with van der Waals surface area (Å²) in [6.07, 6.45) is 0.135. The first-order valence-corrected chi connectivity index (χ1v) is 18.0. The van der Waals surface area contributed by atoms with Gasteiger partial charge in [-0.3, -0.25) is 0 Å². The zero-order valence-corrected chi connectivity index (χ0v) is 25.8. The topological polar surface area (TPSA) is 18.5 Å².